The average Bonchev–Trinajstić information content (AvgIpc) is 2.90. The summed E-state index contributed by atoms with van der Waals surface area (Å²) < 4.78 is 4.97. The molecule has 1 N–H and O–H groups in total. The van der Waals surface area contributed by atoms with Crippen LogP contribution in [0.3, 0.4) is 0 Å². The summed E-state index contributed by atoms with van der Waals surface area (Å²) in [6, 6.07) is 2.82. The van der Waals surface area contributed by atoms with Crippen LogP contribution < -0.4 is 10.1 Å². The summed E-state index contributed by atoms with van der Waals surface area (Å²) in [6.45, 7) is 1.46. The zero-order valence-electron chi connectivity index (χ0n) is 15.2. The second-order valence-corrected chi connectivity index (χ2v) is 7.14. The lowest BCUT2D eigenvalue weighted by Gasteiger charge is -2.22. The van der Waals surface area contributed by atoms with Gasteiger partial charge in [0.2, 0.25) is 17.7 Å². The van der Waals surface area contributed by atoms with Gasteiger partial charge < -0.3 is 10.1 Å². The largest absolute Gasteiger partial charge is 0.490 e. The molecule has 3 amide bonds. The van der Waals surface area contributed by atoms with Crippen molar-refractivity contribution in [2.45, 2.75) is 25.8 Å². The highest BCUT2D eigenvalue weighted by Gasteiger charge is 2.51. The topological polar surface area (TPSA) is 119 Å². The van der Waals surface area contributed by atoms with Crippen LogP contribution in [0.25, 0.3) is 0 Å². The van der Waals surface area contributed by atoms with Crippen LogP contribution in [0.1, 0.15) is 19.8 Å². The van der Waals surface area contributed by atoms with Crippen LogP contribution in [0.15, 0.2) is 29.3 Å². The Morgan fingerprint density at radius 1 is 1.36 bits per heavy atom. The summed E-state index contributed by atoms with van der Waals surface area (Å²) in [5.41, 5.74) is 0.00687. The molecule has 2 aliphatic rings. The number of rotatable bonds is 5. The second-order valence-electron chi connectivity index (χ2n) is 6.66. The molecule has 0 bridgehead atoms. The SMILES string of the molecule is COc1cc(NC(=O)[C@@H](C)N2C(=O)[C@H]3CC(Cl)=CC[C@H]3C2=O)ccc1[N+](=O)[O-]. The van der Waals surface area contributed by atoms with Gasteiger partial charge in [-0.05, 0) is 25.8 Å². The maximum atomic E-state index is 12.7. The predicted octanol–water partition coefficient (Wildman–Crippen LogP) is 2.45. The molecule has 148 valence electrons. The number of fused-ring (bicyclic) bond motifs is 1. The molecule has 10 heteroatoms. The number of likely N-dealkylation sites (tertiary alicyclic amines) is 1. The molecule has 0 unspecified atom stereocenters. The number of carbonyl (C=O) groups excluding carboxylic acids is 3. The van der Waals surface area contributed by atoms with Crippen molar-refractivity contribution in [2.75, 3.05) is 12.4 Å². The number of nitro groups is 1. The zero-order chi connectivity index (χ0) is 20.6. The number of benzene rings is 1. The molecule has 0 aromatic heterocycles. The predicted molar refractivity (Wildman–Crippen MR) is 99.7 cm³/mol. The van der Waals surface area contributed by atoms with Gasteiger partial charge in [-0.25, -0.2) is 0 Å². The molecule has 1 saturated heterocycles. The van der Waals surface area contributed by atoms with E-state index in [1.165, 1.54) is 32.2 Å². The summed E-state index contributed by atoms with van der Waals surface area (Å²) in [7, 11) is 1.28. The first-order valence-corrected chi connectivity index (χ1v) is 8.97. The number of methoxy groups -OCH3 is 1. The van der Waals surface area contributed by atoms with Gasteiger partial charge >= 0.3 is 5.69 Å². The fraction of sp³-hybridized carbons (Fsp3) is 0.389. The summed E-state index contributed by atoms with van der Waals surface area (Å²) in [6.07, 6.45) is 2.39. The fourth-order valence-corrected chi connectivity index (χ4v) is 3.76. The van der Waals surface area contributed by atoms with Gasteiger partial charge in [0.25, 0.3) is 0 Å². The van der Waals surface area contributed by atoms with Crippen molar-refractivity contribution >= 4 is 40.7 Å². The molecular formula is C18H18ClN3O6. The maximum absolute atomic E-state index is 12.7. The van der Waals surface area contributed by atoms with Crippen LogP contribution >= 0.6 is 11.6 Å². The smallest absolute Gasteiger partial charge is 0.311 e. The molecule has 1 fully saturated rings. The van der Waals surface area contributed by atoms with Gasteiger partial charge in [-0.3, -0.25) is 29.4 Å². The molecular weight excluding hydrogens is 390 g/mol. The van der Waals surface area contributed by atoms with Gasteiger partial charge in [0.15, 0.2) is 5.75 Å². The molecule has 3 rings (SSSR count). The lowest BCUT2D eigenvalue weighted by molar-refractivity contribution is -0.385. The summed E-state index contributed by atoms with van der Waals surface area (Å²) in [5.74, 6) is -2.44. The van der Waals surface area contributed by atoms with Crippen molar-refractivity contribution in [3.8, 4) is 5.75 Å². The minimum absolute atomic E-state index is 0.0180. The highest BCUT2D eigenvalue weighted by Crippen LogP contribution is 2.39. The van der Waals surface area contributed by atoms with Crippen molar-refractivity contribution < 1.29 is 24.0 Å². The lowest BCUT2D eigenvalue weighted by atomic mass is 9.85. The van der Waals surface area contributed by atoms with E-state index < -0.39 is 34.6 Å². The summed E-state index contributed by atoms with van der Waals surface area (Å²) in [5, 5.41) is 14.1. The Hall–Kier alpha value is -2.94. The fourth-order valence-electron chi connectivity index (χ4n) is 3.50. The number of imide groups is 1. The molecule has 0 radical (unpaired) electrons. The van der Waals surface area contributed by atoms with Crippen LogP contribution in [0.2, 0.25) is 0 Å². The summed E-state index contributed by atoms with van der Waals surface area (Å²) >= 11 is 6.00. The van der Waals surface area contributed by atoms with E-state index in [4.69, 9.17) is 16.3 Å². The van der Waals surface area contributed by atoms with Crippen LogP contribution in [-0.2, 0) is 14.4 Å². The second kappa shape index (κ2) is 7.59. The average molecular weight is 408 g/mol. The van der Waals surface area contributed by atoms with Crippen LogP contribution in [0, 0.1) is 22.0 Å². The van der Waals surface area contributed by atoms with E-state index in [-0.39, 0.29) is 23.0 Å². The Morgan fingerprint density at radius 2 is 2.04 bits per heavy atom. The molecule has 1 aliphatic carbocycles. The molecule has 1 aliphatic heterocycles. The van der Waals surface area contributed by atoms with Gasteiger partial charge in [0, 0.05) is 22.9 Å². The number of nitro benzene ring substituents is 1. The number of carbonyl (C=O) groups is 3. The molecule has 28 heavy (non-hydrogen) atoms. The van der Waals surface area contributed by atoms with Gasteiger partial charge in [0.05, 0.1) is 23.9 Å². The highest BCUT2D eigenvalue weighted by atomic mass is 35.5. The maximum Gasteiger partial charge on any atom is 0.311 e. The standard InChI is InChI=1S/C18H18ClN3O6/c1-9(21-17(24)12-5-3-10(19)7-13(12)18(21)25)16(23)20-11-4-6-14(22(26)27)15(8-11)28-2/h3-4,6,8-9,12-13H,5,7H2,1-2H3,(H,20,23)/t9-,12-,13+/m1/s1. The number of ether oxygens (including phenoxy) is 1. The van der Waals surface area contributed by atoms with Gasteiger partial charge in [-0.2, -0.15) is 0 Å². The van der Waals surface area contributed by atoms with E-state index in [1.807, 2.05) is 0 Å². The Morgan fingerprint density at radius 3 is 2.68 bits per heavy atom. The molecule has 1 heterocycles. The van der Waals surface area contributed by atoms with E-state index in [0.717, 1.165) is 4.90 Å². The Balaban J connectivity index is 1.76. The minimum Gasteiger partial charge on any atom is -0.490 e. The number of nitrogens with one attached hydrogen (secondary N) is 1. The van der Waals surface area contributed by atoms with E-state index >= 15 is 0 Å². The van der Waals surface area contributed by atoms with E-state index in [2.05, 4.69) is 5.32 Å². The van der Waals surface area contributed by atoms with Crippen molar-refractivity contribution in [3.63, 3.8) is 0 Å². The Labute approximate surface area is 165 Å². The van der Waals surface area contributed by atoms with Gasteiger partial charge in [-0.15, -0.1) is 0 Å². The number of halogens is 1. The first-order chi connectivity index (χ1) is 13.2. The number of hydrogen-bond acceptors (Lipinski definition) is 6. The zero-order valence-corrected chi connectivity index (χ0v) is 15.9. The third kappa shape index (κ3) is 3.45. The Bertz CT molecular complexity index is 899. The number of allylic oxidation sites excluding steroid dienone is 2. The third-order valence-electron chi connectivity index (χ3n) is 5.01. The summed E-state index contributed by atoms with van der Waals surface area (Å²) in [4.78, 5) is 49.2. The lowest BCUT2D eigenvalue weighted by Crippen LogP contribution is -2.46. The number of anilines is 1. The number of hydrogen-bond donors (Lipinski definition) is 1. The van der Waals surface area contributed by atoms with Crippen molar-refractivity contribution in [3.05, 3.63) is 39.4 Å². The monoisotopic (exact) mass is 407 g/mol. The molecule has 9 nitrogen and oxygen atoms in total. The van der Waals surface area contributed by atoms with Crippen LogP contribution in [0.4, 0.5) is 11.4 Å². The van der Waals surface area contributed by atoms with E-state index in [1.54, 1.807) is 6.08 Å². The first kappa shape index (κ1) is 19.8. The molecule has 1 aromatic carbocycles. The normalized spacial score (nSPS) is 22.4. The van der Waals surface area contributed by atoms with E-state index in [0.29, 0.717) is 17.9 Å². The molecule has 3 atom stereocenters. The van der Waals surface area contributed by atoms with Crippen molar-refractivity contribution in [1.82, 2.24) is 4.90 Å². The van der Waals surface area contributed by atoms with Gasteiger partial charge in [0.1, 0.15) is 6.04 Å². The van der Waals surface area contributed by atoms with Crippen molar-refractivity contribution in [1.29, 1.82) is 0 Å². The van der Waals surface area contributed by atoms with Gasteiger partial charge in [-0.1, -0.05) is 17.7 Å². The number of nitrogens with zero attached hydrogens (tertiary/aromatic N) is 2. The number of amides is 3. The van der Waals surface area contributed by atoms with Crippen LogP contribution in [-0.4, -0.2) is 40.7 Å². The van der Waals surface area contributed by atoms with Crippen LogP contribution in [0.5, 0.6) is 5.75 Å². The van der Waals surface area contributed by atoms with E-state index in [9.17, 15) is 24.5 Å². The molecule has 0 saturated carbocycles. The first-order valence-electron chi connectivity index (χ1n) is 8.59. The molecule has 0 spiro atoms. The highest BCUT2D eigenvalue weighted by molar-refractivity contribution is 6.30. The quantitative estimate of drug-likeness (QED) is 0.455. The Kier molecular flexibility index (Phi) is 5.37. The third-order valence-corrected chi connectivity index (χ3v) is 5.32. The minimum atomic E-state index is -1.04. The van der Waals surface area contributed by atoms with Crippen molar-refractivity contribution in [2.24, 2.45) is 11.8 Å². The molecule has 1 aromatic rings.